The zero-order valence-corrected chi connectivity index (χ0v) is 18.2. The predicted octanol–water partition coefficient (Wildman–Crippen LogP) is 3.57. The van der Waals surface area contributed by atoms with Gasteiger partial charge in [0.25, 0.3) is 0 Å². The molecule has 1 fully saturated rings. The monoisotopic (exact) mass is 399 g/mol. The Bertz CT molecular complexity index is 806. The Balaban J connectivity index is 2.17. The molecule has 0 bridgehead atoms. The molecule has 5 atom stereocenters. The van der Waals surface area contributed by atoms with E-state index in [1.54, 1.807) is 0 Å². The second-order valence-corrected chi connectivity index (χ2v) is 9.61. The fraction of sp³-hybridized carbons (Fsp3) is 0.667. The third-order valence-corrected chi connectivity index (χ3v) is 7.16. The normalized spacial score (nSPS) is 37.9. The number of hydrogen-bond donors (Lipinski definition) is 1. The van der Waals surface area contributed by atoms with Crippen LogP contribution in [0.2, 0.25) is 0 Å². The first-order valence-electron chi connectivity index (χ1n) is 10.8. The summed E-state index contributed by atoms with van der Waals surface area (Å²) in [6.07, 6.45) is 5.39. The van der Waals surface area contributed by atoms with E-state index in [-0.39, 0.29) is 54.7 Å². The summed E-state index contributed by atoms with van der Waals surface area (Å²) >= 11 is 0. The third-order valence-electron chi connectivity index (χ3n) is 7.16. The molecule has 1 N–H and O–H groups in total. The number of hydrogen-bond acceptors (Lipinski definition) is 4. The molecule has 5 heteroatoms. The molecule has 158 valence electrons. The van der Waals surface area contributed by atoms with Crippen LogP contribution in [0.4, 0.5) is 0 Å². The quantitative estimate of drug-likeness (QED) is 0.437. The van der Waals surface area contributed by atoms with Crippen LogP contribution < -0.4 is 5.32 Å². The predicted molar refractivity (Wildman–Crippen MR) is 111 cm³/mol. The first kappa shape index (κ1) is 21.7. The van der Waals surface area contributed by atoms with Gasteiger partial charge < -0.3 is 5.32 Å². The number of Topliss-reactive ketones (excluding diaryl/α,β-unsaturated/α-hetero) is 3. The van der Waals surface area contributed by atoms with Gasteiger partial charge in [0.15, 0.2) is 11.6 Å². The van der Waals surface area contributed by atoms with Crippen molar-refractivity contribution < 1.29 is 19.2 Å². The third kappa shape index (κ3) is 3.64. The molecule has 0 unspecified atom stereocenters. The lowest BCUT2D eigenvalue weighted by molar-refractivity contribution is -0.146. The van der Waals surface area contributed by atoms with Crippen LogP contribution in [-0.4, -0.2) is 29.3 Å². The lowest BCUT2D eigenvalue weighted by Crippen LogP contribution is -2.52. The second kappa shape index (κ2) is 8.00. The van der Waals surface area contributed by atoms with Crippen LogP contribution in [0, 0.1) is 29.1 Å². The maximum atomic E-state index is 13.7. The molecule has 0 saturated carbocycles. The van der Waals surface area contributed by atoms with Gasteiger partial charge in [-0.2, -0.15) is 0 Å². The molecular weight excluding hydrogens is 366 g/mol. The molecule has 5 nitrogen and oxygen atoms in total. The van der Waals surface area contributed by atoms with Crippen molar-refractivity contribution >= 4 is 23.3 Å². The van der Waals surface area contributed by atoms with E-state index in [0.717, 1.165) is 12.0 Å². The Morgan fingerprint density at radius 1 is 1.00 bits per heavy atom. The molecule has 3 rings (SSSR count). The van der Waals surface area contributed by atoms with Gasteiger partial charge in [0.05, 0.1) is 0 Å². The molecule has 1 saturated heterocycles. The minimum atomic E-state index is -1.19. The summed E-state index contributed by atoms with van der Waals surface area (Å²) in [5, 5.41) is 3.16. The Morgan fingerprint density at radius 2 is 1.62 bits per heavy atom. The van der Waals surface area contributed by atoms with Gasteiger partial charge in [-0.3, -0.25) is 19.2 Å². The van der Waals surface area contributed by atoms with Crippen LogP contribution in [0.15, 0.2) is 23.3 Å². The van der Waals surface area contributed by atoms with E-state index >= 15 is 0 Å². The van der Waals surface area contributed by atoms with Gasteiger partial charge in [0.1, 0.15) is 11.2 Å². The van der Waals surface area contributed by atoms with Gasteiger partial charge in [-0.05, 0) is 38.5 Å². The fourth-order valence-corrected chi connectivity index (χ4v) is 5.62. The van der Waals surface area contributed by atoms with Crippen LogP contribution in [-0.2, 0) is 19.2 Å². The fourth-order valence-electron chi connectivity index (χ4n) is 5.62. The van der Waals surface area contributed by atoms with E-state index in [1.165, 1.54) is 5.57 Å². The molecule has 2 aliphatic carbocycles. The number of amides is 1. The van der Waals surface area contributed by atoms with Crippen LogP contribution in [0.1, 0.15) is 66.7 Å². The van der Waals surface area contributed by atoms with Crippen LogP contribution in [0.25, 0.3) is 0 Å². The number of rotatable bonds is 2. The van der Waals surface area contributed by atoms with Crippen molar-refractivity contribution in [2.24, 2.45) is 29.1 Å². The largest absolute Gasteiger partial charge is 0.352 e. The summed E-state index contributed by atoms with van der Waals surface area (Å²) in [7, 11) is 0. The van der Waals surface area contributed by atoms with Crippen LogP contribution in [0.5, 0.6) is 0 Å². The smallest absolute Gasteiger partial charge is 0.235 e. The molecule has 0 radical (unpaired) electrons. The van der Waals surface area contributed by atoms with Gasteiger partial charge >= 0.3 is 0 Å². The first-order valence-corrected chi connectivity index (χ1v) is 10.8. The van der Waals surface area contributed by atoms with Crippen molar-refractivity contribution in [3.8, 4) is 0 Å². The Hall–Kier alpha value is -2.04. The molecule has 3 aliphatic rings. The van der Waals surface area contributed by atoms with Gasteiger partial charge in [-0.15, -0.1) is 0 Å². The number of nitrogens with one attached hydrogen (secondary N) is 1. The zero-order valence-electron chi connectivity index (χ0n) is 18.2. The zero-order chi connectivity index (χ0) is 21.5. The Labute approximate surface area is 173 Å². The highest BCUT2D eigenvalue weighted by Crippen LogP contribution is 2.55. The molecule has 0 aromatic carbocycles. The number of carbonyl (C=O) groups excluding carboxylic acids is 4. The summed E-state index contributed by atoms with van der Waals surface area (Å²) in [6.45, 7) is 10.3. The van der Waals surface area contributed by atoms with E-state index in [2.05, 4.69) is 39.1 Å². The van der Waals surface area contributed by atoms with E-state index in [1.807, 2.05) is 13.0 Å². The standard InChI is InChI=1S/C24H33NO4/c1-13(2)10-18-22-16(5)15(4)12-17-11-14(3)6-7-19(26)20(27)8-9-21(28)24(17,22)23(29)25-18/h11-13,16-18,22H,6-10H2,1-5H3,(H,25,29)/b14-11+/t16-,17+,18-,22-,24+/m1/s1. The number of ketones is 3. The van der Waals surface area contributed by atoms with Crippen LogP contribution >= 0.6 is 0 Å². The molecule has 29 heavy (non-hydrogen) atoms. The molecule has 0 aromatic rings. The molecule has 0 aromatic heterocycles. The lowest BCUT2D eigenvalue weighted by Gasteiger charge is -2.45. The lowest BCUT2D eigenvalue weighted by atomic mass is 9.54. The highest BCUT2D eigenvalue weighted by Gasteiger charge is 2.65. The summed E-state index contributed by atoms with van der Waals surface area (Å²) < 4.78 is 0. The maximum Gasteiger partial charge on any atom is 0.235 e. The number of carbonyl (C=O) groups is 4. The summed E-state index contributed by atoms with van der Waals surface area (Å²) in [5.74, 6) is -1.31. The summed E-state index contributed by atoms with van der Waals surface area (Å²) in [4.78, 5) is 51.5. The van der Waals surface area contributed by atoms with Crippen molar-refractivity contribution in [2.45, 2.75) is 72.8 Å². The minimum Gasteiger partial charge on any atom is -0.352 e. The van der Waals surface area contributed by atoms with Gasteiger partial charge in [0, 0.05) is 37.1 Å². The Morgan fingerprint density at radius 3 is 2.24 bits per heavy atom. The van der Waals surface area contributed by atoms with Crippen molar-refractivity contribution in [1.82, 2.24) is 5.32 Å². The van der Waals surface area contributed by atoms with Gasteiger partial charge in [-0.25, -0.2) is 0 Å². The van der Waals surface area contributed by atoms with E-state index in [4.69, 9.17) is 0 Å². The van der Waals surface area contributed by atoms with Crippen molar-refractivity contribution in [3.05, 3.63) is 23.3 Å². The summed E-state index contributed by atoms with van der Waals surface area (Å²) in [5.41, 5.74) is 0.954. The SMILES string of the molecule is CC1=C[C@@H]2/C=C(\C)CCC(=O)C(=O)CCC(=O)[C@@]23C(=O)N[C@H](CC(C)C)[C@H]3[C@@H]1C. The average molecular weight is 400 g/mol. The Kier molecular flexibility index (Phi) is 5.98. The van der Waals surface area contributed by atoms with E-state index < -0.39 is 17.0 Å². The first-order chi connectivity index (χ1) is 13.6. The van der Waals surface area contributed by atoms with E-state index in [9.17, 15) is 19.2 Å². The molecule has 1 amide bonds. The summed E-state index contributed by atoms with van der Waals surface area (Å²) in [6, 6.07) is -0.0660. The van der Waals surface area contributed by atoms with Crippen LogP contribution in [0.3, 0.4) is 0 Å². The van der Waals surface area contributed by atoms with Crippen molar-refractivity contribution in [1.29, 1.82) is 0 Å². The minimum absolute atomic E-state index is 0.0497. The topological polar surface area (TPSA) is 80.3 Å². The second-order valence-electron chi connectivity index (χ2n) is 9.61. The maximum absolute atomic E-state index is 13.7. The van der Waals surface area contributed by atoms with E-state index in [0.29, 0.717) is 12.3 Å². The van der Waals surface area contributed by atoms with Crippen molar-refractivity contribution in [3.63, 3.8) is 0 Å². The van der Waals surface area contributed by atoms with Gasteiger partial charge in [-0.1, -0.05) is 44.1 Å². The number of allylic oxidation sites excluding steroid dienone is 4. The molecule has 1 aliphatic heterocycles. The highest BCUT2D eigenvalue weighted by molar-refractivity contribution is 6.37. The molecular formula is C24H33NO4. The average Bonchev–Trinajstić information content (AvgIpc) is 2.93. The van der Waals surface area contributed by atoms with Gasteiger partial charge in [0.2, 0.25) is 5.91 Å². The molecule has 1 spiro atoms. The molecule has 1 heterocycles. The van der Waals surface area contributed by atoms with Crippen molar-refractivity contribution in [2.75, 3.05) is 0 Å². The highest BCUT2D eigenvalue weighted by atomic mass is 16.2.